The normalized spacial score (nSPS) is 3.57. The van der Waals surface area contributed by atoms with Gasteiger partial charge in [-0.1, -0.05) is 0 Å². The molecule has 0 bridgehead atoms. The average molecular weight is 201 g/mol. The predicted molar refractivity (Wildman–Crippen MR) is 20.7 cm³/mol. The van der Waals surface area contributed by atoms with E-state index in [1.165, 1.54) is 0 Å². The summed E-state index contributed by atoms with van der Waals surface area (Å²) in [5, 5.41) is 8.89. The molecule has 0 aliphatic carbocycles. The van der Waals surface area contributed by atoms with E-state index in [4.69, 9.17) is 9.90 Å². The van der Waals surface area contributed by atoms with Crippen LogP contribution in [0, 0.1) is 0 Å². The molecule has 0 unspecified atom stereocenters. The molecule has 0 radical (unpaired) electrons. The Bertz CT molecular complexity index is 36.7. The third kappa shape index (κ3) is 6160. The van der Waals surface area contributed by atoms with Crippen molar-refractivity contribution in [3.8, 4) is 0 Å². The van der Waals surface area contributed by atoms with E-state index in [9.17, 15) is 0 Å². The van der Waals surface area contributed by atoms with Gasteiger partial charge in [0, 0.05) is 5.97 Å². The molecule has 0 atom stereocenters. The van der Waals surface area contributed by atoms with Gasteiger partial charge in [0.25, 0.3) is 0 Å². The van der Waals surface area contributed by atoms with Crippen LogP contribution in [-0.2, 0) is 27.2 Å². The predicted octanol–water partition coefficient (Wildman–Crippen LogP) is -0.922. The molecule has 0 fully saturated rings. The molecule has 0 aliphatic heterocycles. The third-order valence-electron chi connectivity index (χ3n) is 0. The molecule has 0 aromatic heterocycles. The van der Waals surface area contributed by atoms with Gasteiger partial charge in [0.2, 0.25) is 0 Å². The second-order valence-electron chi connectivity index (χ2n) is 0.492. The first-order valence-corrected chi connectivity index (χ1v) is 0.908. The van der Waals surface area contributed by atoms with Gasteiger partial charge < -0.3 is 22.2 Å². The summed E-state index contributed by atoms with van der Waals surface area (Å²) in [4.78, 5) is 8.89. The number of hydrogen-bond acceptors (Lipinski definition) is 4. The van der Waals surface area contributed by atoms with Crippen LogP contribution in [0.5, 0.6) is 0 Å². The van der Waals surface area contributed by atoms with Crippen molar-refractivity contribution in [1.82, 2.24) is 12.3 Å². The van der Waals surface area contributed by atoms with Gasteiger partial charge in [-0.2, -0.15) is 0 Å². The largest absolute Gasteiger partial charge is 1.00 e. The van der Waals surface area contributed by atoms with Gasteiger partial charge in [-0.15, -0.1) is 0 Å². The van der Waals surface area contributed by atoms with Crippen molar-refractivity contribution in [3.63, 3.8) is 0 Å². The summed E-state index contributed by atoms with van der Waals surface area (Å²) in [7, 11) is 0. The van der Waals surface area contributed by atoms with E-state index in [0.717, 1.165) is 6.92 Å². The standard InChI is InChI=1S/C2H4O2.Ag.2H3N/c1-2(3)4;;;/h1H3,(H,3,4);;2*1H3/q;+1;;/p-1. The van der Waals surface area contributed by atoms with Gasteiger partial charge in [0.1, 0.15) is 0 Å². The molecule has 5 heteroatoms. The zero-order valence-corrected chi connectivity index (χ0v) is 5.51. The summed E-state index contributed by atoms with van der Waals surface area (Å²) in [5.41, 5.74) is 0. The first kappa shape index (κ1) is 27.3. The van der Waals surface area contributed by atoms with Crippen LogP contribution >= 0.6 is 0 Å². The van der Waals surface area contributed by atoms with Crippen molar-refractivity contribution in [1.29, 1.82) is 0 Å². The molecular weight excluding hydrogens is 192 g/mol. The molecule has 4 nitrogen and oxygen atoms in total. The molecule has 0 heterocycles. The number of aliphatic carboxylic acids is 1. The first-order chi connectivity index (χ1) is 1.73. The van der Waals surface area contributed by atoms with E-state index in [1.807, 2.05) is 0 Å². The minimum atomic E-state index is -1.08. The van der Waals surface area contributed by atoms with Gasteiger partial charge >= 0.3 is 22.4 Å². The van der Waals surface area contributed by atoms with Crippen LogP contribution in [0.2, 0.25) is 0 Å². The quantitative estimate of drug-likeness (QED) is 0.493. The van der Waals surface area contributed by atoms with E-state index in [2.05, 4.69) is 0 Å². The molecule has 50 valence electrons. The van der Waals surface area contributed by atoms with Gasteiger partial charge in [-0.25, -0.2) is 0 Å². The number of carbonyl (C=O) groups is 1. The van der Waals surface area contributed by atoms with Crippen LogP contribution in [0.3, 0.4) is 0 Å². The maximum atomic E-state index is 8.89. The molecule has 0 saturated carbocycles. The smallest absolute Gasteiger partial charge is 0.550 e. The molecule has 0 rings (SSSR count). The first-order valence-electron chi connectivity index (χ1n) is 0.908. The second-order valence-corrected chi connectivity index (χ2v) is 0.492. The second kappa shape index (κ2) is 16.5. The van der Waals surface area contributed by atoms with Crippen molar-refractivity contribution < 1.29 is 32.3 Å². The molecule has 0 aliphatic rings. The monoisotopic (exact) mass is 200 g/mol. The fourth-order valence-electron chi connectivity index (χ4n) is 0. The van der Waals surface area contributed by atoms with Crippen molar-refractivity contribution in [2.45, 2.75) is 6.92 Å². The van der Waals surface area contributed by atoms with E-state index in [-0.39, 0.29) is 34.7 Å². The summed E-state index contributed by atoms with van der Waals surface area (Å²) in [6.45, 7) is 0.972. The van der Waals surface area contributed by atoms with Gasteiger partial charge in [0.05, 0.1) is 0 Å². The summed E-state index contributed by atoms with van der Waals surface area (Å²) in [5.74, 6) is -1.08. The Balaban J connectivity index is -0.0000000150. The Labute approximate surface area is 58.0 Å². The zero-order chi connectivity index (χ0) is 3.58. The number of rotatable bonds is 0. The van der Waals surface area contributed by atoms with E-state index < -0.39 is 5.97 Å². The molecule has 0 spiro atoms. The van der Waals surface area contributed by atoms with E-state index in [0.29, 0.717) is 0 Å². The van der Waals surface area contributed by atoms with Crippen LogP contribution in [0.1, 0.15) is 6.92 Å². The van der Waals surface area contributed by atoms with Gasteiger partial charge in [-0.3, -0.25) is 0 Å². The molecule has 7 heavy (non-hydrogen) atoms. The van der Waals surface area contributed by atoms with Crippen molar-refractivity contribution in [3.05, 3.63) is 0 Å². The van der Waals surface area contributed by atoms with Crippen LogP contribution in [-0.4, -0.2) is 5.97 Å². The SMILES string of the molecule is CC(=O)[O-].N.N.[Ag+]. The Kier molecular flexibility index (Phi) is 64.3. The molecule has 0 amide bonds. The van der Waals surface area contributed by atoms with Crippen molar-refractivity contribution in [2.24, 2.45) is 0 Å². The van der Waals surface area contributed by atoms with E-state index >= 15 is 0 Å². The molecule has 6 N–H and O–H groups in total. The molecular formula is C2H9AgN2O2. The Morgan fingerprint density at radius 3 is 1.43 bits per heavy atom. The minimum Gasteiger partial charge on any atom is -0.550 e. The Morgan fingerprint density at radius 2 is 1.43 bits per heavy atom. The summed E-state index contributed by atoms with van der Waals surface area (Å²) < 4.78 is 0. The fraction of sp³-hybridized carbons (Fsp3) is 0.500. The minimum absolute atomic E-state index is 0. The van der Waals surface area contributed by atoms with Gasteiger partial charge in [0.15, 0.2) is 0 Å². The zero-order valence-electron chi connectivity index (χ0n) is 4.03. The maximum absolute atomic E-state index is 8.89. The number of carbonyl (C=O) groups excluding carboxylic acids is 1. The van der Waals surface area contributed by atoms with Gasteiger partial charge in [-0.05, 0) is 6.92 Å². The summed E-state index contributed by atoms with van der Waals surface area (Å²) in [6, 6.07) is 0. The number of hydrogen-bond donors (Lipinski definition) is 2. The topological polar surface area (TPSA) is 110 Å². The molecule has 0 aromatic rings. The summed E-state index contributed by atoms with van der Waals surface area (Å²) >= 11 is 0. The number of carboxylic acids is 1. The maximum Gasteiger partial charge on any atom is 1.00 e. The van der Waals surface area contributed by atoms with Crippen LogP contribution in [0.15, 0.2) is 0 Å². The summed E-state index contributed by atoms with van der Waals surface area (Å²) in [6.07, 6.45) is 0. The van der Waals surface area contributed by atoms with Crippen LogP contribution in [0.4, 0.5) is 0 Å². The number of carboxylic acid groups (broad SMARTS) is 1. The van der Waals surface area contributed by atoms with Crippen LogP contribution in [0.25, 0.3) is 0 Å². The fourth-order valence-corrected chi connectivity index (χ4v) is 0. The molecule has 0 aromatic carbocycles. The molecule has 0 saturated heterocycles. The van der Waals surface area contributed by atoms with Crippen molar-refractivity contribution in [2.75, 3.05) is 0 Å². The van der Waals surface area contributed by atoms with E-state index in [1.54, 1.807) is 0 Å². The Morgan fingerprint density at radius 1 is 1.43 bits per heavy atom. The van der Waals surface area contributed by atoms with Crippen LogP contribution < -0.4 is 17.4 Å². The average Bonchev–Trinajstić information content (AvgIpc) is 0.811. The Hall–Kier alpha value is 0.130. The third-order valence-corrected chi connectivity index (χ3v) is 0. The van der Waals surface area contributed by atoms with Crippen molar-refractivity contribution >= 4 is 5.97 Å².